The number of methoxy groups -OCH3 is 1. The minimum absolute atomic E-state index is 0.215. The number of carbonyl (C=O) groups is 2. The Morgan fingerprint density at radius 2 is 1.84 bits per heavy atom. The molecule has 0 aromatic heterocycles. The van der Waals surface area contributed by atoms with Gasteiger partial charge in [0.05, 0.1) is 6.61 Å². The molecule has 1 N–H and O–H groups in total. The molecular weight excluding hydrogens is 437 g/mol. The third-order valence-electron chi connectivity index (χ3n) is 5.77. The number of nitrogens with zero attached hydrogens (tertiary/aromatic N) is 2. The lowest BCUT2D eigenvalue weighted by molar-refractivity contribution is -0.192. The molecule has 1 atom stereocenters. The smallest absolute Gasteiger partial charge is 0.475 e. The molecule has 2 heterocycles. The number of aryl methyl sites for hydroxylation is 1. The van der Waals surface area contributed by atoms with Crippen molar-refractivity contribution in [3.05, 3.63) is 34.9 Å². The second-order valence-electron chi connectivity index (χ2n) is 7.80. The van der Waals surface area contributed by atoms with Crippen molar-refractivity contribution in [3.63, 3.8) is 0 Å². The predicted molar refractivity (Wildman–Crippen MR) is 110 cm³/mol. The minimum atomic E-state index is -5.08. The fraction of sp³-hybridized carbons (Fsp3) is 0.619. The molecular formula is C21H28ClF3N2O4. The number of hydrogen-bond donors (Lipinski definition) is 1. The number of carbonyl (C=O) groups excluding carboxylic acids is 1. The van der Waals surface area contributed by atoms with E-state index >= 15 is 0 Å². The number of halogens is 4. The molecule has 2 fully saturated rings. The SMILES string of the molecule is COCCN1CCC12CCCN(C(=O)CCc1ccc(Cl)cc1)C2.O=C(O)C(F)(F)F. The summed E-state index contributed by atoms with van der Waals surface area (Å²) in [5.41, 5.74) is 1.39. The first-order valence-electron chi connectivity index (χ1n) is 10.1. The predicted octanol–water partition coefficient (Wildman–Crippen LogP) is 3.62. The zero-order valence-corrected chi connectivity index (χ0v) is 18.2. The number of rotatable bonds is 6. The molecule has 0 radical (unpaired) electrons. The molecule has 0 saturated carbocycles. The molecule has 1 aromatic rings. The van der Waals surface area contributed by atoms with Crippen LogP contribution in [-0.4, -0.2) is 78.4 Å². The fourth-order valence-electron chi connectivity index (χ4n) is 3.98. The lowest BCUT2D eigenvalue weighted by atomic mass is 9.77. The molecule has 0 aliphatic carbocycles. The lowest BCUT2D eigenvalue weighted by Gasteiger charge is -2.57. The quantitative estimate of drug-likeness (QED) is 0.696. The van der Waals surface area contributed by atoms with Gasteiger partial charge in [-0.15, -0.1) is 0 Å². The Morgan fingerprint density at radius 1 is 1.19 bits per heavy atom. The molecule has 31 heavy (non-hydrogen) atoms. The molecule has 1 spiro atoms. The van der Waals surface area contributed by atoms with E-state index in [0.29, 0.717) is 6.42 Å². The maximum absolute atomic E-state index is 12.6. The number of carboxylic acid groups (broad SMARTS) is 1. The number of alkyl halides is 3. The van der Waals surface area contributed by atoms with Crippen molar-refractivity contribution in [2.45, 2.75) is 43.8 Å². The molecule has 2 saturated heterocycles. The number of hydrogen-bond acceptors (Lipinski definition) is 4. The summed E-state index contributed by atoms with van der Waals surface area (Å²) in [6.45, 7) is 4.67. The molecule has 10 heteroatoms. The first-order valence-corrected chi connectivity index (χ1v) is 10.5. The minimum Gasteiger partial charge on any atom is -0.475 e. The monoisotopic (exact) mass is 464 g/mol. The Labute approximate surface area is 184 Å². The average molecular weight is 465 g/mol. The van der Waals surface area contributed by atoms with Crippen LogP contribution in [0.2, 0.25) is 5.02 Å². The number of ether oxygens (including phenoxy) is 1. The molecule has 1 aromatic carbocycles. The van der Waals surface area contributed by atoms with Crippen LogP contribution in [0, 0.1) is 0 Å². The molecule has 1 amide bonds. The Balaban J connectivity index is 0.000000423. The van der Waals surface area contributed by atoms with Crippen LogP contribution in [-0.2, 0) is 20.7 Å². The van der Waals surface area contributed by atoms with Crippen molar-refractivity contribution < 1.29 is 32.6 Å². The summed E-state index contributed by atoms with van der Waals surface area (Å²) in [5, 5.41) is 7.86. The van der Waals surface area contributed by atoms with Crippen molar-refractivity contribution in [1.29, 1.82) is 0 Å². The van der Waals surface area contributed by atoms with Crippen molar-refractivity contribution in [3.8, 4) is 0 Å². The first kappa shape index (κ1) is 25.4. The van der Waals surface area contributed by atoms with Crippen molar-refractivity contribution >= 4 is 23.5 Å². The zero-order chi connectivity index (χ0) is 23.1. The van der Waals surface area contributed by atoms with Crippen LogP contribution in [0.1, 0.15) is 31.2 Å². The number of benzene rings is 1. The van der Waals surface area contributed by atoms with E-state index in [1.54, 1.807) is 7.11 Å². The highest BCUT2D eigenvalue weighted by Crippen LogP contribution is 2.38. The number of piperidine rings is 1. The van der Waals surface area contributed by atoms with Crippen LogP contribution in [0.3, 0.4) is 0 Å². The van der Waals surface area contributed by atoms with Crippen molar-refractivity contribution in [2.75, 3.05) is 39.9 Å². The van der Waals surface area contributed by atoms with Crippen molar-refractivity contribution in [2.24, 2.45) is 0 Å². The highest BCUT2D eigenvalue weighted by atomic mass is 35.5. The molecule has 3 rings (SSSR count). The maximum Gasteiger partial charge on any atom is 0.490 e. The third-order valence-corrected chi connectivity index (χ3v) is 6.03. The summed E-state index contributed by atoms with van der Waals surface area (Å²) in [6, 6.07) is 7.79. The van der Waals surface area contributed by atoms with Crippen LogP contribution in [0.15, 0.2) is 24.3 Å². The summed E-state index contributed by atoms with van der Waals surface area (Å²) in [5.74, 6) is -2.48. The molecule has 2 aliphatic heterocycles. The van der Waals surface area contributed by atoms with Gasteiger partial charge in [-0.2, -0.15) is 13.2 Å². The van der Waals surface area contributed by atoms with Crippen LogP contribution in [0.5, 0.6) is 0 Å². The number of likely N-dealkylation sites (tertiary alicyclic amines) is 2. The maximum atomic E-state index is 12.6. The van der Waals surface area contributed by atoms with Gasteiger partial charge in [0.15, 0.2) is 0 Å². The van der Waals surface area contributed by atoms with E-state index < -0.39 is 12.1 Å². The van der Waals surface area contributed by atoms with E-state index in [2.05, 4.69) is 9.80 Å². The van der Waals surface area contributed by atoms with Gasteiger partial charge in [-0.05, 0) is 43.4 Å². The van der Waals surface area contributed by atoms with Gasteiger partial charge in [0.2, 0.25) is 5.91 Å². The standard InChI is InChI=1S/C19H27ClN2O2.C2HF3O2/c1-24-14-13-22-12-10-19(22)9-2-11-21(15-19)18(23)8-5-16-3-6-17(20)7-4-16;3-2(4,5)1(6)7/h3-4,6-7H,2,5,8-15H2,1H3;(H,6,7). The first-order chi connectivity index (χ1) is 14.6. The van der Waals surface area contributed by atoms with Gasteiger partial charge in [-0.3, -0.25) is 9.69 Å². The summed E-state index contributed by atoms with van der Waals surface area (Å²) >= 11 is 5.91. The molecule has 0 bridgehead atoms. The summed E-state index contributed by atoms with van der Waals surface area (Å²) in [7, 11) is 1.75. The second-order valence-corrected chi connectivity index (χ2v) is 8.24. The fourth-order valence-corrected chi connectivity index (χ4v) is 4.11. The van der Waals surface area contributed by atoms with Crippen molar-refractivity contribution in [1.82, 2.24) is 9.80 Å². The van der Waals surface area contributed by atoms with Gasteiger partial charge in [0.1, 0.15) is 0 Å². The number of aliphatic carboxylic acids is 1. The van der Waals surface area contributed by atoms with Gasteiger partial charge in [-0.25, -0.2) is 4.79 Å². The Hall–Kier alpha value is -1.84. The van der Waals surface area contributed by atoms with Gasteiger partial charge >= 0.3 is 12.1 Å². The Morgan fingerprint density at radius 3 is 2.35 bits per heavy atom. The van der Waals surface area contributed by atoms with Gasteiger partial charge in [0.25, 0.3) is 0 Å². The van der Waals surface area contributed by atoms with Crippen LogP contribution in [0.25, 0.3) is 0 Å². The molecule has 1 unspecified atom stereocenters. The van der Waals surface area contributed by atoms with Crippen LogP contribution < -0.4 is 0 Å². The molecule has 6 nitrogen and oxygen atoms in total. The highest BCUT2D eigenvalue weighted by molar-refractivity contribution is 6.30. The largest absolute Gasteiger partial charge is 0.490 e. The topological polar surface area (TPSA) is 70.1 Å². The Bertz CT molecular complexity index is 745. The average Bonchev–Trinajstić information content (AvgIpc) is 2.72. The summed E-state index contributed by atoms with van der Waals surface area (Å²) in [6.07, 6.45) is -0.200. The second kappa shape index (κ2) is 11.2. The molecule has 174 valence electrons. The third kappa shape index (κ3) is 7.36. The lowest BCUT2D eigenvalue weighted by Crippen LogP contribution is -2.67. The normalized spacial score (nSPS) is 21.3. The van der Waals surface area contributed by atoms with Crippen LogP contribution >= 0.6 is 11.6 Å². The van der Waals surface area contributed by atoms with E-state index in [9.17, 15) is 18.0 Å². The summed E-state index contributed by atoms with van der Waals surface area (Å²) in [4.78, 5) is 26.1. The Kier molecular flexibility index (Phi) is 9.14. The van der Waals surface area contributed by atoms with E-state index in [-0.39, 0.29) is 11.4 Å². The molecule has 2 aliphatic rings. The van der Waals surface area contributed by atoms with Gasteiger partial charge in [-0.1, -0.05) is 23.7 Å². The van der Waals surface area contributed by atoms with Gasteiger partial charge in [0, 0.05) is 50.3 Å². The van der Waals surface area contributed by atoms with E-state index in [4.69, 9.17) is 26.2 Å². The van der Waals surface area contributed by atoms with Crippen LogP contribution in [0.4, 0.5) is 13.2 Å². The van der Waals surface area contributed by atoms with E-state index in [0.717, 1.165) is 50.7 Å². The van der Waals surface area contributed by atoms with E-state index in [1.807, 2.05) is 24.3 Å². The van der Waals surface area contributed by atoms with E-state index in [1.165, 1.54) is 18.4 Å². The number of amides is 1. The van der Waals surface area contributed by atoms with Gasteiger partial charge < -0.3 is 14.7 Å². The number of carboxylic acids is 1. The zero-order valence-electron chi connectivity index (χ0n) is 17.5. The summed E-state index contributed by atoms with van der Waals surface area (Å²) < 4.78 is 37.0. The highest BCUT2D eigenvalue weighted by Gasteiger charge is 2.47.